The van der Waals surface area contributed by atoms with Gasteiger partial charge in [0.1, 0.15) is 5.69 Å². The fraction of sp³-hybridized carbons (Fsp3) is 0.300. The van der Waals surface area contributed by atoms with Crippen molar-refractivity contribution in [2.45, 2.75) is 13.0 Å². The molecule has 0 radical (unpaired) electrons. The van der Waals surface area contributed by atoms with E-state index in [0.717, 1.165) is 4.42 Å². The van der Waals surface area contributed by atoms with Crippen molar-refractivity contribution in [1.82, 2.24) is 0 Å². The third-order valence-corrected chi connectivity index (χ3v) is 4.41. The largest absolute Gasteiger partial charge is 0.493 e. The first-order valence-electron chi connectivity index (χ1n) is 8.72. The van der Waals surface area contributed by atoms with Gasteiger partial charge in [-0.3, -0.25) is 9.59 Å². The Morgan fingerprint density at radius 1 is 0.933 bits per heavy atom. The maximum atomic E-state index is 12.9. The first kappa shape index (κ1) is 23.0. The summed E-state index contributed by atoms with van der Waals surface area (Å²) in [7, 11) is 5.85. The molecule has 2 rings (SSSR count). The molecule has 0 spiro atoms. The molecule has 160 valence electrons. The van der Waals surface area contributed by atoms with Crippen molar-refractivity contribution >= 4 is 34.8 Å². The number of ketones is 1. The van der Waals surface area contributed by atoms with Crippen LogP contribution < -0.4 is 23.4 Å². The zero-order valence-electron chi connectivity index (χ0n) is 17.2. The number of rotatable bonds is 9. The number of anilines is 1. The van der Waals surface area contributed by atoms with Crippen LogP contribution >= 0.6 is 11.8 Å². The van der Waals surface area contributed by atoms with Gasteiger partial charge in [-0.2, -0.15) is 10.2 Å². The zero-order chi connectivity index (χ0) is 22.3. The van der Waals surface area contributed by atoms with Gasteiger partial charge in [0.25, 0.3) is 5.91 Å². The van der Waals surface area contributed by atoms with Crippen molar-refractivity contribution in [1.29, 1.82) is 0 Å². The van der Waals surface area contributed by atoms with Crippen molar-refractivity contribution in [3.8, 4) is 23.0 Å². The summed E-state index contributed by atoms with van der Waals surface area (Å²) in [6, 6.07) is 8.18. The number of amides is 1. The van der Waals surface area contributed by atoms with Crippen LogP contribution in [0.4, 0.5) is 11.4 Å². The summed E-state index contributed by atoms with van der Waals surface area (Å²) in [4.78, 5) is 25.0. The van der Waals surface area contributed by atoms with Gasteiger partial charge in [0.05, 0.1) is 34.1 Å². The van der Waals surface area contributed by atoms with Crippen LogP contribution in [0, 0.1) is 0 Å². The van der Waals surface area contributed by atoms with Gasteiger partial charge in [0, 0.05) is 17.8 Å². The molecule has 0 aliphatic rings. The molecule has 0 fully saturated rings. The maximum absolute atomic E-state index is 12.9. The molecule has 10 heteroatoms. The molecule has 2 aromatic carbocycles. The van der Waals surface area contributed by atoms with Gasteiger partial charge in [-0.25, -0.2) is 4.42 Å². The number of benzene rings is 2. The predicted molar refractivity (Wildman–Crippen MR) is 111 cm³/mol. The van der Waals surface area contributed by atoms with Gasteiger partial charge in [0.15, 0.2) is 28.8 Å². The summed E-state index contributed by atoms with van der Waals surface area (Å²) >= 11 is 6.24. The highest BCUT2D eigenvalue weighted by Crippen LogP contribution is 2.38. The van der Waals surface area contributed by atoms with Crippen LogP contribution in [-0.2, 0) is 9.59 Å². The van der Waals surface area contributed by atoms with E-state index in [1.165, 1.54) is 35.4 Å². The molecule has 30 heavy (non-hydrogen) atoms. The second-order valence-electron chi connectivity index (χ2n) is 5.90. The molecule has 1 unspecified atom stereocenters. The fourth-order valence-corrected chi connectivity index (χ4v) is 2.79. The van der Waals surface area contributed by atoms with Crippen LogP contribution in [-0.4, -0.2) is 46.2 Å². The second-order valence-corrected chi connectivity index (χ2v) is 6.24. The second kappa shape index (κ2) is 10.4. The van der Waals surface area contributed by atoms with Crippen LogP contribution in [0.15, 0.2) is 46.6 Å². The average Bonchev–Trinajstić information content (AvgIpc) is 2.77. The first-order valence-corrected chi connectivity index (χ1v) is 9.05. The summed E-state index contributed by atoms with van der Waals surface area (Å²) < 4.78 is 21.6. The predicted octanol–water partition coefficient (Wildman–Crippen LogP) is 3.95. The number of halogens is 1. The molecule has 9 nitrogen and oxygen atoms in total. The minimum atomic E-state index is -1.45. The number of Topliss-reactive ketones (excluding diaryl/α,β-unsaturated/α-hetero) is 1. The molecular formula is C20H22ClN3O6. The number of azo groups is 1. The number of carbonyl (C=O) groups excluding carboxylic acids is 2. The van der Waals surface area contributed by atoms with Crippen molar-refractivity contribution in [2.75, 3.05) is 32.9 Å². The third kappa shape index (κ3) is 4.98. The first-order chi connectivity index (χ1) is 14.4. The Labute approximate surface area is 179 Å². The average molecular weight is 436 g/mol. The Kier molecular flexibility index (Phi) is 7.99. The highest BCUT2D eigenvalue weighted by molar-refractivity contribution is 6.39. The summed E-state index contributed by atoms with van der Waals surface area (Å²) in [5, 5.41) is 7.89. The summed E-state index contributed by atoms with van der Waals surface area (Å²) in [5.74, 6) is 0.228. The number of nitrogens with zero attached hydrogens (tertiary/aromatic N) is 3. The van der Waals surface area contributed by atoms with E-state index in [-0.39, 0.29) is 11.4 Å². The van der Waals surface area contributed by atoms with E-state index >= 15 is 0 Å². The molecular weight excluding hydrogens is 414 g/mol. The van der Waals surface area contributed by atoms with E-state index in [9.17, 15) is 9.59 Å². The van der Waals surface area contributed by atoms with E-state index < -0.39 is 17.7 Å². The van der Waals surface area contributed by atoms with Crippen molar-refractivity contribution in [3.63, 3.8) is 0 Å². The lowest BCUT2D eigenvalue weighted by Crippen LogP contribution is -2.36. The number of hydrogen-bond acceptors (Lipinski definition) is 8. The van der Waals surface area contributed by atoms with Crippen molar-refractivity contribution in [3.05, 3.63) is 36.4 Å². The van der Waals surface area contributed by atoms with Crippen LogP contribution in [0.2, 0.25) is 0 Å². The molecule has 0 aliphatic heterocycles. The topological polar surface area (TPSA) is 99.0 Å². The Morgan fingerprint density at radius 3 is 2.17 bits per heavy atom. The van der Waals surface area contributed by atoms with E-state index in [1.807, 2.05) is 0 Å². The normalized spacial score (nSPS) is 11.7. The molecule has 0 bridgehead atoms. The Morgan fingerprint density at radius 2 is 1.60 bits per heavy atom. The molecule has 0 aliphatic carbocycles. The van der Waals surface area contributed by atoms with Gasteiger partial charge in [-0.05, 0) is 31.2 Å². The van der Waals surface area contributed by atoms with E-state index in [0.29, 0.717) is 22.9 Å². The van der Waals surface area contributed by atoms with Crippen molar-refractivity contribution < 1.29 is 28.5 Å². The molecule has 1 amide bonds. The smallest absolute Gasteiger partial charge is 0.276 e. The molecule has 0 saturated carbocycles. The number of methoxy groups -OCH3 is 4. The van der Waals surface area contributed by atoms with Crippen LogP contribution in [0.5, 0.6) is 23.0 Å². The maximum Gasteiger partial charge on any atom is 0.276 e. The number of carbonyl (C=O) groups is 2. The molecule has 2 aromatic rings. The molecule has 0 aromatic heterocycles. The van der Waals surface area contributed by atoms with E-state index in [4.69, 9.17) is 30.7 Å². The molecule has 1 atom stereocenters. The Balaban J connectivity index is 2.33. The summed E-state index contributed by atoms with van der Waals surface area (Å²) in [6.45, 7) is 1.23. The molecule has 0 heterocycles. The molecule has 0 N–H and O–H groups in total. The van der Waals surface area contributed by atoms with Crippen LogP contribution in [0.25, 0.3) is 0 Å². The monoisotopic (exact) mass is 435 g/mol. The lowest BCUT2D eigenvalue weighted by atomic mass is 10.2. The van der Waals surface area contributed by atoms with E-state index in [2.05, 4.69) is 10.2 Å². The highest BCUT2D eigenvalue weighted by atomic mass is 35.5. The van der Waals surface area contributed by atoms with E-state index in [1.54, 1.807) is 36.4 Å². The lowest BCUT2D eigenvalue weighted by Gasteiger charge is -2.20. The zero-order valence-corrected chi connectivity index (χ0v) is 18.0. The van der Waals surface area contributed by atoms with Gasteiger partial charge >= 0.3 is 0 Å². The van der Waals surface area contributed by atoms with Gasteiger partial charge < -0.3 is 18.9 Å². The van der Waals surface area contributed by atoms with Crippen LogP contribution in [0.3, 0.4) is 0 Å². The third-order valence-electron chi connectivity index (χ3n) is 4.06. The van der Waals surface area contributed by atoms with Crippen LogP contribution in [0.1, 0.15) is 6.92 Å². The number of ether oxygens (including phenoxy) is 4. The number of hydrogen-bond donors (Lipinski definition) is 0. The van der Waals surface area contributed by atoms with Gasteiger partial charge in [-0.1, -0.05) is 6.07 Å². The van der Waals surface area contributed by atoms with Gasteiger partial charge in [0.2, 0.25) is 6.04 Å². The molecule has 0 saturated heterocycles. The minimum absolute atomic E-state index is 0.205. The summed E-state index contributed by atoms with van der Waals surface area (Å²) in [5.41, 5.74) is 0.572. The fourth-order valence-electron chi connectivity index (χ4n) is 2.57. The summed E-state index contributed by atoms with van der Waals surface area (Å²) in [6.07, 6.45) is 0. The van der Waals surface area contributed by atoms with Crippen molar-refractivity contribution in [2.24, 2.45) is 10.2 Å². The number of para-hydroxylation sites is 1. The highest BCUT2D eigenvalue weighted by Gasteiger charge is 2.31. The minimum Gasteiger partial charge on any atom is -0.493 e. The lowest BCUT2D eigenvalue weighted by molar-refractivity contribution is -0.126. The quantitative estimate of drug-likeness (QED) is 0.336. The SMILES string of the molecule is COc1ccc(N=NC(C(C)=O)C(=O)N(Cl)c2cccc(OC)c2OC)cc1OC. The Bertz CT molecular complexity index is 950. The van der Waals surface area contributed by atoms with Gasteiger partial charge in [-0.15, -0.1) is 0 Å². The standard InChI is InChI=1S/C20H22ClN3O6/c1-12(25)18(23-22-13-9-10-15(27-2)17(11-13)29-4)20(26)24(21)14-7-6-8-16(28-3)19(14)30-5/h6-11,18H,1-5H3. The Hall–Kier alpha value is -3.33.